The maximum atomic E-state index is 4.41. The van der Waals surface area contributed by atoms with E-state index in [4.69, 9.17) is 0 Å². The van der Waals surface area contributed by atoms with Gasteiger partial charge in [0.2, 0.25) is 0 Å². The highest BCUT2D eigenvalue weighted by Crippen LogP contribution is 2.11. The Balaban J connectivity index is 2.50. The Kier molecular flexibility index (Phi) is 5.02. The monoisotopic (exact) mass is 222 g/mol. The molecular weight excluding hydrogens is 200 g/mol. The van der Waals surface area contributed by atoms with Gasteiger partial charge in [-0.3, -0.25) is 4.98 Å². The lowest BCUT2D eigenvalue weighted by Gasteiger charge is -2.16. The maximum absolute atomic E-state index is 4.41. The highest BCUT2D eigenvalue weighted by atomic mass is 15.1. The molecule has 0 aromatic carbocycles. The number of nitrogens with zero attached hydrogens (tertiary/aromatic N) is 2. The molecule has 1 unspecified atom stereocenters. The average Bonchev–Trinajstić information content (AvgIpc) is 2.26. The quantitative estimate of drug-likeness (QED) is 0.777. The van der Waals surface area contributed by atoms with E-state index in [1.54, 1.807) is 12.4 Å². The molecule has 1 rings (SSSR count). The fraction of sp³-hybridized carbons (Fsp3) is 0.667. The standard InChI is InChI=1S/C12H22N4/c1-5-14-11-7-13-8-12(16-11)15-6-10(4)9(2)3/h7-10H,5-6H2,1-4H3,(H2,14,15,16). The zero-order valence-electron chi connectivity index (χ0n) is 10.6. The number of hydrogen-bond donors (Lipinski definition) is 2. The van der Waals surface area contributed by atoms with Crippen LogP contribution in [0.2, 0.25) is 0 Å². The van der Waals surface area contributed by atoms with Crippen molar-refractivity contribution in [2.45, 2.75) is 27.7 Å². The molecule has 0 aliphatic rings. The van der Waals surface area contributed by atoms with Gasteiger partial charge in [0.05, 0.1) is 12.4 Å². The van der Waals surface area contributed by atoms with Crippen molar-refractivity contribution in [2.75, 3.05) is 23.7 Å². The third-order valence-electron chi connectivity index (χ3n) is 2.74. The zero-order chi connectivity index (χ0) is 12.0. The smallest absolute Gasteiger partial charge is 0.146 e. The van der Waals surface area contributed by atoms with E-state index in [9.17, 15) is 0 Å². The minimum Gasteiger partial charge on any atom is -0.369 e. The van der Waals surface area contributed by atoms with Crippen LogP contribution in [0.5, 0.6) is 0 Å². The Bertz CT molecular complexity index is 312. The Morgan fingerprint density at radius 2 is 1.75 bits per heavy atom. The molecule has 0 saturated carbocycles. The fourth-order valence-electron chi connectivity index (χ4n) is 1.22. The van der Waals surface area contributed by atoms with E-state index in [1.807, 2.05) is 6.92 Å². The molecule has 1 heterocycles. The zero-order valence-corrected chi connectivity index (χ0v) is 10.6. The van der Waals surface area contributed by atoms with E-state index in [-0.39, 0.29) is 0 Å². The topological polar surface area (TPSA) is 49.8 Å². The summed E-state index contributed by atoms with van der Waals surface area (Å²) in [5.74, 6) is 2.97. The van der Waals surface area contributed by atoms with Crippen LogP contribution in [0, 0.1) is 11.8 Å². The van der Waals surface area contributed by atoms with Crippen molar-refractivity contribution in [3.8, 4) is 0 Å². The summed E-state index contributed by atoms with van der Waals surface area (Å²) < 4.78 is 0. The Labute approximate surface area is 97.9 Å². The van der Waals surface area contributed by atoms with E-state index < -0.39 is 0 Å². The van der Waals surface area contributed by atoms with Crippen molar-refractivity contribution in [1.82, 2.24) is 9.97 Å². The van der Waals surface area contributed by atoms with Crippen molar-refractivity contribution in [3.05, 3.63) is 12.4 Å². The van der Waals surface area contributed by atoms with Gasteiger partial charge in [0.15, 0.2) is 0 Å². The fourth-order valence-corrected chi connectivity index (χ4v) is 1.22. The molecule has 4 nitrogen and oxygen atoms in total. The number of anilines is 2. The van der Waals surface area contributed by atoms with Gasteiger partial charge in [-0.25, -0.2) is 4.98 Å². The number of hydrogen-bond acceptors (Lipinski definition) is 4. The van der Waals surface area contributed by atoms with Crippen LogP contribution in [-0.4, -0.2) is 23.1 Å². The van der Waals surface area contributed by atoms with Gasteiger partial charge in [-0.2, -0.15) is 0 Å². The van der Waals surface area contributed by atoms with Gasteiger partial charge in [0.25, 0.3) is 0 Å². The first-order chi connectivity index (χ1) is 7.63. The molecule has 90 valence electrons. The van der Waals surface area contributed by atoms with Gasteiger partial charge in [0, 0.05) is 13.1 Å². The van der Waals surface area contributed by atoms with E-state index in [0.717, 1.165) is 24.7 Å². The number of rotatable bonds is 6. The molecule has 0 aliphatic carbocycles. The van der Waals surface area contributed by atoms with Crippen LogP contribution in [-0.2, 0) is 0 Å². The van der Waals surface area contributed by atoms with Crippen LogP contribution in [0.1, 0.15) is 27.7 Å². The molecule has 0 bridgehead atoms. The number of nitrogens with one attached hydrogen (secondary N) is 2. The van der Waals surface area contributed by atoms with Crippen LogP contribution in [0.15, 0.2) is 12.4 Å². The number of aromatic nitrogens is 2. The summed E-state index contributed by atoms with van der Waals surface area (Å²) in [7, 11) is 0. The highest BCUT2D eigenvalue weighted by Gasteiger charge is 2.07. The summed E-state index contributed by atoms with van der Waals surface area (Å²) in [4.78, 5) is 8.55. The third-order valence-corrected chi connectivity index (χ3v) is 2.74. The van der Waals surface area contributed by atoms with Crippen LogP contribution < -0.4 is 10.6 Å². The molecule has 0 amide bonds. The molecule has 0 aliphatic heterocycles. The molecule has 0 radical (unpaired) electrons. The minimum atomic E-state index is 0.629. The normalized spacial score (nSPS) is 12.6. The molecule has 0 saturated heterocycles. The largest absolute Gasteiger partial charge is 0.369 e. The first kappa shape index (κ1) is 12.7. The summed E-state index contributed by atoms with van der Waals surface area (Å²) in [6.07, 6.45) is 3.49. The van der Waals surface area contributed by atoms with Gasteiger partial charge >= 0.3 is 0 Å². The van der Waals surface area contributed by atoms with Crippen LogP contribution in [0.3, 0.4) is 0 Å². The maximum Gasteiger partial charge on any atom is 0.146 e. The second-order valence-corrected chi connectivity index (χ2v) is 4.42. The Morgan fingerprint density at radius 3 is 2.31 bits per heavy atom. The van der Waals surface area contributed by atoms with Gasteiger partial charge in [-0.05, 0) is 18.8 Å². The molecule has 0 fully saturated rings. The van der Waals surface area contributed by atoms with E-state index in [1.165, 1.54) is 0 Å². The average molecular weight is 222 g/mol. The van der Waals surface area contributed by atoms with Crippen molar-refractivity contribution in [1.29, 1.82) is 0 Å². The molecular formula is C12H22N4. The predicted octanol–water partition coefficient (Wildman–Crippen LogP) is 2.61. The summed E-state index contributed by atoms with van der Waals surface area (Å²) in [6.45, 7) is 10.5. The van der Waals surface area contributed by atoms with Crippen molar-refractivity contribution in [3.63, 3.8) is 0 Å². The van der Waals surface area contributed by atoms with E-state index in [0.29, 0.717) is 11.8 Å². The lowest BCUT2D eigenvalue weighted by Crippen LogP contribution is -2.17. The molecule has 2 N–H and O–H groups in total. The molecule has 1 aromatic rings. The SMILES string of the molecule is CCNc1cncc(NCC(C)C(C)C)n1. The van der Waals surface area contributed by atoms with Crippen LogP contribution in [0.4, 0.5) is 11.6 Å². The molecule has 16 heavy (non-hydrogen) atoms. The third kappa shape index (κ3) is 4.04. The van der Waals surface area contributed by atoms with Gasteiger partial charge in [0.1, 0.15) is 11.6 Å². The van der Waals surface area contributed by atoms with E-state index in [2.05, 4.69) is 41.4 Å². The molecule has 1 aromatic heterocycles. The summed E-state index contributed by atoms with van der Waals surface area (Å²) in [5.41, 5.74) is 0. The Morgan fingerprint density at radius 1 is 1.12 bits per heavy atom. The van der Waals surface area contributed by atoms with Crippen molar-refractivity contribution < 1.29 is 0 Å². The van der Waals surface area contributed by atoms with Gasteiger partial charge in [-0.15, -0.1) is 0 Å². The summed E-state index contributed by atoms with van der Waals surface area (Å²) in [5, 5.41) is 6.46. The Hall–Kier alpha value is -1.32. The van der Waals surface area contributed by atoms with E-state index >= 15 is 0 Å². The summed E-state index contributed by atoms with van der Waals surface area (Å²) in [6, 6.07) is 0. The van der Waals surface area contributed by atoms with Crippen LogP contribution in [0.25, 0.3) is 0 Å². The summed E-state index contributed by atoms with van der Waals surface area (Å²) >= 11 is 0. The molecule has 1 atom stereocenters. The molecule has 4 heteroatoms. The molecule has 0 spiro atoms. The minimum absolute atomic E-state index is 0.629. The lowest BCUT2D eigenvalue weighted by molar-refractivity contribution is 0.439. The first-order valence-corrected chi connectivity index (χ1v) is 5.93. The highest BCUT2D eigenvalue weighted by molar-refractivity contribution is 5.41. The van der Waals surface area contributed by atoms with Crippen molar-refractivity contribution >= 4 is 11.6 Å². The first-order valence-electron chi connectivity index (χ1n) is 5.93. The van der Waals surface area contributed by atoms with Crippen LogP contribution >= 0.6 is 0 Å². The van der Waals surface area contributed by atoms with Crippen molar-refractivity contribution in [2.24, 2.45) is 11.8 Å². The second-order valence-electron chi connectivity index (χ2n) is 4.42. The van der Waals surface area contributed by atoms with Gasteiger partial charge in [-0.1, -0.05) is 20.8 Å². The lowest BCUT2D eigenvalue weighted by atomic mass is 9.98. The van der Waals surface area contributed by atoms with Gasteiger partial charge < -0.3 is 10.6 Å². The predicted molar refractivity (Wildman–Crippen MR) is 68.7 cm³/mol. The second kappa shape index (κ2) is 6.30.